The number of nitrogens with one attached hydrogen (secondary N) is 2. The summed E-state index contributed by atoms with van der Waals surface area (Å²) in [5, 5.41) is 11.6. The number of pyridine rings is 2. The van der Waals surface area contributed by atoms with Gasteiger partial charge in [-0.25, -0.2) is 9.78 Å². The summed E-state index contributed by atoms with van der Waals surface area (Å²) in [6.07, 6.45) is 15.6. The number of piperidine rings is 1. The molecule has 0 spiro atoms. The number of amides is 4. The Balaban J connectivity index is 0.831. The summed E-state index contributed by atoms with van der Waals surface area (Å²) in [6.45, 7) is 3.39. The van der Waals surface area contributed by atoms with Gasteiger partial charge in [0.1, 0.15) is 17.2 Å². The van der Waals surface area contributed by atoms with Crippen molar-refractivity contribution in [3.05, 3.63) is 71.9 Å². The maximum absolute atomic E-state index is 12.9. The number of benzene rings is 1. The van der Waals surface area contributed by atoms with E-state index in [1.54, 1.807) is 24.3 Å². The van der Waals surface area contributed by atoms with Gasteiger partial charge in [-0.15, -0.1) is 0 Å². The summed E-state index contributed by atoms with van der Waals surface area (Å²) in [7, 11) is 3.86. The topological polar surface area (TPSA) is 142 Å². The molecule has 3 fully saturated rings. The van der Waals surface area contributed by atoms with E-state index < -0.39 is 6.03 Å². The van der Waals surface area contributed by atoms with Crippen molar-refractivity contribution in [3.63, 3.8) is 0 Å². The second kappa shape index (κ2) is 14.7. The highest BCUT2D eigenvalue weighted by Gasteiger charge is 2.30. The summed E-state index contributed by atoms with van der Waals surface area (Å²) in [5.41, 5.74) is 3.68. The molecule has 276 valence electrons. The van der Waals surface area contributed by atoms with Crippen molar-refractivity contribution in [2.75, 3.05) is 55.5 Å². The molecule has 6 heterocycles. The number of aromatic nitrogens is 5. The standard InChI is InChI=1S/C38H43ClN10O4/c1-45(28-7-11-46(12-8-28)30-9-13-47-34(17-30)41-21-36(47)48-14-10-35(50)43-38(48)52)22-24-3-5-29(6-4-24)49-23-26-16-32(33(53-2)18-31(26)44-49)42-37(51)25-15-27(39)20-40-19-25/h9,13,15-21,23-24,28-29H,3-8,10-12,14,22H2,1-2H3,(H,42,51)(H,43,50,52). The number of carbonyl (C=O) groups excluding carboxylic acids is 3. The number of halogens is 1. The molecule has 2 N–H and O–H groups in total. The van der Waals surface area contributed by atoms with E-state index in [0.717, 1.165) is 80.4 Å². The Hall–Kier alpha value is -5.21. The first-order chi connectivity index (χ1) is 25.7. The maximum Gasteiger partial charge on any atom is 0.329 e. The van der Waals surface area contributed by atoms with Crippen LogP contribution in [0, 0.1) is 5.92 Å². The number of fused-ring (bicyclic) bond motifs is 2. The smallest absolute Gasteiger partial charge is 0.329 e. The van der Waals surface area contributed by atoms with Crippen molar-refractivity contribution in [2.45, 2.75) is 57.0 Å². The number of hydrogen-bond acceptors (Lipinski definition) is 9. The van der Waals surface area contributed by atoms with Crippen LogP contribution in [0.5, 0.6) is 5.75 Å². The van der Waals surface area contributed by atoms with Crippen LogP contribution in [0.2, 0.25) is 5.02 Å². The molecule has 5 aromatic rings. The van der Waals surface area contributed by atoms with E-state index in [0.29, 0.717) is 52.4 Å². The zero-order chi connectivity index (χ0) is 36.6. The summed E-state index contributed by atoms with van der Waals surface area (Å²) in [6, 6.07) is 10.00. The predicted octanol–water partition coefficient (Wildman–Crippen LogP) is 5.77. The van der Waals surface area contributed by atoms with Crippen molar-refractivity contribution in [1.82, 2.24) is 34.4 Å². The molecule has 15 heteroatoms. The Labute approximate surface area is 312 Å². The van der Waals surface area contributed by atoms with Gasteiger partial charge < -0.3 is 19.9 Å². The Bertz CT molecular complexity index is 2170. The van der Waals surface area contributed by atoms with Crippen LogP contribution in [0.25, 0.3) is 16.6 Å². The lowest BCUT2D eigenvalue weighted by Gasteiger charge is -2.40. The van der Waals surface area contributed by atoms with Gasteiger partial charge in [0, 0.05) is 86.6 Å². The second-order valence-electron chi connectivity index (χ2n) is 14.4. The third kappa shape index (κ3) is 7.25. The van der Waals surface area contributed by atoms with E-state index in [-0.39, 0.29) is 18.2 Å². The number of urea groups is 1. The van der Waals surface area contributed by atoms with Gasteiger partial charge >= 0.3 is 6.03 Å². The van der Waals surface area contributed by atoms with Gasteiger partial charge in [0.25, 0.3) is 5.91 Å². The van der Waals surface area contributed by atoms with Crippen molar-refractivity contribution in [2.24, 2.45) is 5.92 Å². The lowest BCUT2D eigenvalue weighted by molar-refractivity contribution is -0.120. The number of carbonyl (C=O) groups is 3. The zero-order valence-corrected chi connectivity index (χ0v) is 30.6. The number of anilines is 3. The molecular weight excluding hydrogens is 696 g/mol. The normalized spacial score (nSPS) is 20.0. The number of hydrogen-bond donors (Lipinski definition) is 2. The lowest BCUT2D eigenvalue weighted by Crippen LogP contribution is -2.50. The van der Waals surface area contributed by atoms with E-state index in [9.17, 15) is 14.4 Å². The maximum atomic E-state index is 12.9. The molecule has 1 aromatic carbocycles. The zero-order valence-electron chi connectivity index (χ0n) is 29.9. The summed E-state index contributed by atoms with van der Waals surface area (Å²) in [5.74, 6) is 1.30. The molecule has 0 bridgehead atoms. The van der Waals surface area contributed by atoms with Gasteiger partial charge in [-0.3, -0.25) is 33.9 Å². The summed E-state index contributed by atoms with van der Waals surface area (Å²) < 4.78 is 9.60. The Kier molecular flexibility index (Phi) is 9.64. The van der Waals surface area contributed by atoms with Crippen molar-refractivity contribution >= 4 is 63.2 Å². The summed E-state index contributed by atoms with van der Waals surface area (Å²) in [4.78, 5) is 52.0. The van der Waals surface area contributed by atoms with E-state index in [1.807, 2.05) is 22.7 Å². The van der Waals surface area contributed by atoms with Gasteiger partial charge in [0.05, 0.1) is 41.1 Å². The first-order valence-electron chi connectivity index (χ1n) is 18.2. The molecular formula is C38H43ClN10O4. The van der Waals surface area contributed by atoms with E-state index >= 15 is 0 Å². The molecule has 2 saturated heterocycles. The molecule has 0 atom stereocenters. The average Bonchev–Trinajstić information content (AvgIpc) is 3.78. The van der Waals surface area contributed by atoms with Gasteiger partial charge in [0.2, 0.25) is 5.91 Å². The van der Waals surface area contributed by atoms with E-state index in [4.69, 9.17) is 21.4 Å². The Morgan fingerprint density at radius 1 is 1.04 bits per heavy atom. The fraction of sp³-hybridized carbons (Fsp3) is 0.421. The molecule has 2 aliphatic heterocycles. The SMILES string of the molecule is COc1cc2nn(C3CCC(CN(C)C4CCN(c5ccn6c(N7CCC(=O)NC7=O)cnc6c5)CC4)CC3)cc2cc1NC(=O)c1cncc(Cl)c1. The number of imide groups is 1. The highest BCUT2D eigenvalue weighted by molar-refractivity contribution is 6.30. The number of nitrogens with zero attached hydrogens (tertiary/aromatic N) is 8. The predicted molar refractivity (Wildman–Crippen MR) is 203 cm³/mol. The molecule has 1 aliphatic carbocycles. The first-order valence-corrected chi connectivity index (χ1v) is 18.6. The van der Waals surface area contributed by atoms with Crippen LogP contribution in [-0.4, -0.2) is 93.3 Å². The van der Waals surface area contributed by atoms with Gasteiger partial charge in [-0.1, -0.05) is 11.6 Å². The number of methoxy groups -OCH3 is 1. The van der Waals surface area contributed by atoms with Crippen LogP contribution < -0.4 is 25.2 Å². The minimum atomic E-state index is -0.410. The number of imidazole rings is 1. The number of rotatable bonds is 9. The molecule has 4 aromatic heterocycles. The highest BCUT2D eigenvalue weighted by atomic mass is 35.5. The van der Waals surface area contributed by atoms with Crippen LogP contribution in [0.4, 0.5) is 22.0 Å². The van der Waals surface area contributed by atoms with Crippen molar-refractivity contribution < 1.29 is 19.1 Å². The fourth-order valence-corrected chi connectivity index (χ4v) is 8.28. The number of ether oxygens (including phenoxy) is 1. The molecule has 1 saturated carbocycles. The van der Waals surface area contributed by atoms with Gasteiger partial charge in [-0.2, -0.15) is 5.10 Å². The van der Waals surface area contributed by atoms with Gasteiger partial charge in [0.15, 0.2) is 0 Å². The van der Waals surface area contributed by atoms with Crippen molar-refractivity contribution in [3.8, 4) is 5.75 Å². The molecule has 4 amide bonds. The van der Waals surface area contributed by atoms with Crippen molar-refractivity contribution in [1.29, 1.82) is 0 Å². The van der Waals surface area contributed by atoms with E-state index in [2.05, 4.69) is 60.5 Å². The largest absolute Gasteiger partial charge is 0.494 e. The van der Waals surface area contributed by atoms with Crippen LogP contribution in [-0.2, 0) is 4.79 Å². The van der Waals surface area contributed by atoms with Crippen LogP contribution in [0.15, 0.2) is 61.3 Å². The quantitative estimate of drug-likeness (QED) is 0.193. The molecule has 8 rings (SSSR count). The first kappa shape index (κ1) is 34.9. The molecule has 3 aliphatic rings. The fourth-order valence-electron chi connectivity index (χ4n) is 8.10. The molecule has 53 heavy (non-hydrogen) atoms. The highest BCUT2D eigenvalue weighted by Crippen LogP contribution is 2.36. The average molecular weight is 739 g/mol. The van der Waals surface area contributed by atoms with Crippen LogP contribution in [0.1, 0.15) is 61.3 Å². The van der Waals surface area contributed by atoms with E-state index in [1.165, 1.54) is 12.4 Å². The molecule has 0 radical (unpaired) electrons. The van der Waals surface area contributed by atoms with Crippen LogP contribution in [0.3, 0.4) is 0 Å². The Morgan fingerprint density at radius 3 is 2.60 bits per heavy atom. The molecule has 0 unspecified atom stereocenters. The lowest BCUT2D eigenvalue weighted by atomic mass is 9.85. The molecule has 14 nitrogen and oxygen atoms in total. The minimum absolute atomic E-state index is 0.250. The van der Waals surface area contributed by atoms with Crippen LogP contribution >= 0.6 is 11.6 Å². The van der Waals surface area contributed by atoms with Gasteiger partial charge in [-0.05, 0) is 69.7 Å². The third-order valence-corrected chi connectivity index (χ3v) is 11.3. The minimum Gasteiger partial charge on any atom is -0.494 e. The Morgan fingerprint density at radius 2 is 1.85 bits per heavy atom. The summed E-state index contributed by atoms with van der Waals surface area (Å²) >= 11 is 6.04. The third-order valence-electron chi connectivity index (χ3n) is 11.1. The second-order valence-corrected chi connectivity index (χ2v) is 14.8. The monoisotopic (exact) mass is 738 g/mol.